The fourth-order valence-corrected chi connectivity index (χ4v) is 2.71. The topological polar surface area (TPSA) is 80.5 Å². The molecule has 1 heterocycles. The molecule has 7 heteroatoms. The van der Waals surface area contributed by atoms with Gasteiger partial charge in [0.2, 0.25) is 5.89 Å². The average Bonchev–Trinajstić information content (AvgIpc) is 3.22. The second-order valence-electron chi connectivity index (χ2n) is 5.86. The molecular formula is C17H22N4O3. The molecule has 3 rings (SSSR count). The van der Waals surface area contributed by atoms with Gasteiger partial charge in [-0.2, -0.15) is 4.98 Å². The molecule has 1 aromatic heterocycles. The lowest BCUT2D eigenvalue weighted by Gasteiger charge is -2.19. The van der Waals surface area contributed by atoms with E-state index in [-0.39, 0.29) is 12.1 Å². The van der Waals surface area contributed by atoms with Crippen LogP contribution in [0, 0.1) is 0 Å². The molecule has 2 aromatic rings. The van der Waals surface area contributed by atoms with Gasteiger partial charge in [-0.25, -0.2) is 4.79 Å². The average molecular weight is 330 g/mol. The number of urea groups is 1. The molecule has 0 spiro atoms. The number of aromatic nitrogens is 2. The number of rotatable bonds is 7. The van der Waals surface area contributed by atoms with Crippen LogP contribution < -0.4 is 5.32 Å². The van der Waals surface area contributed by atoms with Crippen molar-refractivity contribution in [3.05, 3.63) is 47.6 Å². The van der Waals surface area contributed by atoms with Crippen LogP contribution in [0.1, 0.15) is 36.5 Å². The Kier molecular flexibility index (Phi) is 5.10. The fraction of sp³-hybridized carbons (Fsp3) is 0.471. The third kappa shape index (κ3) is 3.91. The lowest BCUT2D eigenvalue weighted by molar-refractivity contribution is 0.174. The lowest BCUT2D eigenvalue weighted by Crippen LogP contribution is -2.40. The summed E-state index contributed by atoms with van der Waals surface area (Å²) in [5.74, 6) is 1.30. The Labute approximate surface area is 141 Å². The van der Waals surface area contributed by atoms with E-state index >= 15 is 0 Å². The van der Waals surface area contributed by atoms with Gasteiger partial charge < -0.3 is 19.5 Å². The zero-order chi connectivity index (χ0) is 16.9. The SMILES string of the molecule is CCN(Cc1nc(COC)no1)C(=O)N[C@@H]1C[C@H]1c1ccccc1. The maximum atomic E-state index is 12.4. The molecule has 1 N–H and O–H groups in total. The Morgan fingerprint density at radius 2 is 2.21 bits per heavy atom. The second-order valence-corrected chi connectivity index (χ2v) is 5.86. The van der Waals surface area contributed by atoms with Gasteiger partial charge in [0.05, 0.1) is 0 Å². The van der Waals surface area contributed by atoms with E-state index in [1.165, 1.54) is 5.56 Å². The number of nitrogens with zero attached hydrogens (tertiary/aromatic N) is 3. The molecular weight excluding hydrogens is 308 g/mol. The fourth-order valence-electron chi connectivity index (χ4n) is 2.71. The summed E-state index contributed by atoms with van der Waals surface area (Å²) >= 11 is 0. The van der Waals surface area contributed by atoms with Gasteiger partial charge in [-0.05, 0) is 18.9 Å². The van der Waals surface area contributed by atoms with Crippen LogP contribution >= 0.6 is 0 Å². The largest absolute Gasteiger partial charge is 0.377 e. The molecule has 1 aliphatic rings. The molecule has 2 atom stereocenters. The van der Waals surface area contributed by atoms with Gasteiger partial charge in [0.1, 0.15) is 13.2 Å². The Morgan fingerprint density at radius 1 is 1.42 bits per heavy atom. The van der Waals surface area contributed by atoms with Gasteiger partial charge in [0.15, 0.2) is 5.82 Å². The molecule has 0 unspecified atom stereocenters. The summed E-state index contributed by atoms with van der Waals surface area (Å²) in [6.45, 7) is 3.08. The van der Waals surface area contributed by atoms with Crippen molar-refractivity contribution in [2.45, 2.75) is 38.5 Å². The molecule has 24 heavy (non-hydrogen) atoms. The quantitative estimate of drug-likeness (QED) is 0.842. The zero-order valence-corrected chi connectivity index (χ0v) is 13.9. The number of methoxy groups -OCH3 is 1. The smallest absolute Gasteiger partial charge is 0.318 e. The van der Waals surface area contributed by atoms with Gasteiger partial charge in [0, 0.05) is 25.6 Å². The van der Waals surface area contributed by atoms with Gasteiger partial charge in [0.25, 0.3) is 0 Å². The Morgan fingerprint density at radius 3 is 2.92 bits per heavy atom. The molecule has 0 bridgehead atoms. The van der Waals surface area contributed by atoms with E-state index < -0.39 is 0 Å². The summed E-state index contributed by atoms with van der Waals surface area (Å²) < 4.78 is 10.1. The first-order chi connectivity index (χ1) is 11.7. The summed E-state index contributed by atoms with van der Waals surface area (Å²) in [5.41, 5.74) is 1.27. The van der Waals surface area contributed by atoms with Crippen LogP contribution in [0.5, 0.6) is 0 Å². The molecule has 0 saturated heterocycles. The number of hydrogen-bond donors (Lipinski definition) is 1. The first-order valence-electron chi connectivity index (χ1n) is 8.12. The first-order valence-corrected chi connectivity index (χ1v) is 8.12. The van der Waals surface area contributed by atoms with Crippen molar-refractivity contribution < 1.29 is 14.1 Å². The maximum absolute atomic E-state index is 12.4. The maximum Gasteiger partial charge on any atom is 0.318 e. The molecule has 1 aromatic carbocycles. The van der Waals surface area contributed by atoms with Crippen LogP contribution in [-0.4, -0.2) is 40.8 Å². The van der Waals surface area contributed by atoms with Crippen molar-refractivity contribution >= 4 is 6.03 Å². The highest BCUT2D eigenvalue weighted by Gasteiger charge is 2.40. The number of benzene rings is 1. The van der Waals surface area contributed by atoms with Crippen molar-refractivity contribution in [1.82, 2.24) is 20.4 Å². The predicted molar refractivity (Wildman–Crippen MR) is 87.2 cm³/mol. The minimum atomic E-state index is -0.104. The van der Waals surface area contributed by atoms with Crippen molar-refractivity contribution in [3.63, 3.8) is 0 Å². The highest BCUT2D eigenvalue weighted by atomic mass is 16.5. The molecule has 1 fully saturated rings. The Bertz CT molecular complexity index is 673. The summed E-state index contributed by atoms with van der Waals surface area (Å²) in [6, 6.07) is 10.3. The molecule has 128 valence electrons. The van der Waals surface area contributed by atoms with E-state index in [9.17, 15) is 4.79 Å². The van der Waals surface area contributed by atoms with Crippen LogP contribution in [0.4, 0.5) is 4.79 Å². The number of amides is 2. The molecule has 0 radical (unpaired) electrons. The van der Waals surface area contributed by atoms with Crippen molar-refractivity contribution in [2.24, 2.45) is 0 Å². The molecule has 7 nitrogen and oxygen atoms in total. The molecule has 1 aliphatic carbocycles. The third-order valence-electron chi connectivity index (χ3n) is 4.11. The number of carbonyl (C=O) groups excluding carboxylic acids is 1. The van der Waals surface area contributed by atoms with Crippen molar-refractivity contribution in [2.75, 3.05) is 13.7 Å². The number of nitrogens with one attached hydrogen (secondary N) is 1. The molecule has 0 aliphatic heterocycles. The van der Waals surface area contributed by atoms with Crippen LogP contribution in [0.25, 0.3) is 0 Å². The van der Waals surface area contributed by atoms with E-state index in [0.717, 1.165) is 6.42 Å². The van der Waals surface area contributed by atoms with Crippen LogP contribution in [0.15, 0.2) is 34.9 Å². The number of hydrogen-bond acceptors (Lipinski definition) is 5. The molecule has 1 saturated carbocycles. The van der Waals surface area contributed by atoms with Gasteiger partial charge in [-0.1, -0.05) is 35.5 Å². The minimum Gasteiger partial charge on any atom is -0.377 e. The van der Waals surface area contributed by atoms with Gasteiger partial charge in [-0.15, -0.1) is 0 Å². The van der Waals surface area contributed by atoms with Crippen LogP contribution in [-0.2, 0) is 17.9 Å². The Hall–Kier alpha value is -2.41. The Balaban J connectivity index is 1.53. The van der Waals surface area contributed by atoms with E-state index in [4.69, 9.17) is 9.26 Å². The normalized spacial score (nSPS) is 19.1. The van der Waals surface area contributed by atoms with E-state index in [1.54, 1.807) is 12.0 Å². The van der Waals surface area contributed by atoms with E-state index in [2.05, 4.69) is 27.6 Å². The minimum absolute atomic E-state index is 0.104. The summed E-state index contributed by atoms with van der Waals surface area (Å²) in [6.07, 6.45) is 0.978. The predicted octanol–water partition coefficient (Wildman–Crippen LogP) is 2.30. The third-order valence-corrected chi connectivity index (χ3v) is 4.11. The van der Waals surface area contributed by atoms with Crippen molar-refractivity contribution in [3.8, 4) is 0 Å². The highest BCUT2D eigenvalue weighted by molar-refractivity contribution is 5.75. The lowest BCUT2D eigenvalue weighted by atomic mass is 10.1. The second kappa shape index (κ2) is 7.44. The van der Waals surface area contributed by atoms with Gasteiger partial charge in [-0.3, -0.25) is 0 Å². The zero-order valence-electron chi connectivity index (χ0n) is 13.9. The van der Waals surface area contributed by atoms with E-state index in [1.807, 2.05) is 25.1 Å². The standard InChI is InChI=1S/C17H22N4O3/c1-3-21(10-16-19-15(11-23-2)20-24-16)17(22)18-14-9-13(14)12-7-5-4-6-8-12/h4-8,13-14H,3,9-11H2,1-2H3,(H,18,22)/t13-,14+/m0/s1. The monoisotopic (exact) mass is 330 g/mol. The van der Waals surface area contributed by atoms with Crippen LogP contribution in [0.2, 0.25) is 0 Å². The van der Waals surface area contributed by atoms with E-state index in [0.29, 0.717) is 37.3 Å². The van der Waals surface area contributed by atoms with Gasteiger partial charge >= 0.3 is 6.03 Å². The summed E-state index contributed by atoms with van der Waals surface area (Å²) in [4.78, 5) is 18.3. The molecule has 2 amide bonds. The highest BCUT2D eigenvalue weighted by Crippen LogP contribution is 2.40. The number of carbonyl (C=O) groups is 1. The van der Waals surface area contributed by atoms with Crippen LogP contribution in [0.3, 0.4) is 0 Å². The first kappa shape index (κ1) is 16.4. The summed E-state index contributed by atoms with van der Waals surface area (Å²) in [7, 11) is 1.57. The summed E-state index contributed by atoms with van der Waals surface area (Å²) in [5, 5.41) is 6.89. The number of ether oxygens (including phenoxy) is 1. The van der Waals surface area contributed by atoms with Crippen molar-refractivity contribution in [1.29, 1.82) is 0 Å².